The van der Waals surface area contributed by atoms with Crippen molar-refractivity contribution in [1.82, 2.24) is 4.90 Å². The fourth-order valence-electron chi connectivity index (χ4n) is 4.88. The molecule has 2 aliphatic carbocycles. The highest BCUT2D eigenvalue weighted by Crippen LogP contribution is 2.62. The molecule has 1 aromatic rings. The highest BCUT2D eigenvalue weighted by atomic mass is 16.2. The number of carbonyl (C=O) groups is 1. The Balaban J connectivity index is 1.54. The number of aryl methyl sites for hydroxylation is 1. The zero-order valence-corrected chi connectivity index (χ0v) is 13.4. The van der Waals surface area contributed by atoms with E-state index in [9.17, 15) is 4.79 Å². The molecule has 1 saturated carbocycles. The SMILES string of the molecule is CC1CCN(C(=O)C2CC23CCc2ccccc23)C(CN)C1. The van der Waals surface area contributed by atoms with Gasteiger partial charge in [0.1, 0.15) is 0 Å². The molecule has 22 heavy (non-hydrogen) atoms. The second-order valence-corrected chi connectivity index (χ2v) is 7.62. The van der Waals surface area contributed by atoms with Crippen LogP contribution in [0.25, 0.3) is 0 Å². The summed E-state index contributed by atoms with van der Waals surface area (Å²) in [6, 6.07) is 8.97. The largest absolute Gasteiger partial charge is 0.338 e. The van der Waals surface area contributed by atoms with Gasteiger partial charge in [0.05, 0.1) is 0 Å². The smallest absolute Gasteiger partial charge is 0.226 e. The van der Waals surface area contributed by atoms with E-state index in [1.165, 1.54) is 11.1 Å². The average Bonchev–Trinajstić information content (AvgIpc) is 3.16. The molecule has 118 valence electrons. The molecule has 1 amide bonds. The standard InChI is InChI=1S/C19H26N2O/c1-13-7-9-21(15(10-13)12-20)18(22)17-11-19(17)8-6-14-4-2-3-5-16(14)19/h2-5,13,15,17H,6-12,20H2,1H3. The minimum absolute atomic E-state index is 0.163. The van der Waals surface area contributed by atoms with Gasteiger partial charge in [-0.25, -0.2) is 0 Å². The average molecular weight is 298 g/mol. The predicted molar refractivity (Wildman–Crippen MR) is 87.5 cm³/mol. The Morgan fingerprint density at radius 2 is 2.23 bits per heavy atom. The van der Waals surface area contributed by atoms with Gasteiger partial charge in [0.25, 0.3) is 0 Å². The molecule has 3 aliphatic rings. The van der Waals surface area contributed by atoms with E-state index in [0.717, 1.165) is 38.6 Å². The first-order chi connectivity index (χ1) is 10.7. The van der Waals surface area contributed by atoms with Gasteiger partial charge < -0.3 is 10.6 Å². The first-order valence-electron chi connectivity index (χ1n) is 8.74. The normalized spacial score (nSPS) is 36.5. The summed E-state index contributed by atoms with van der Waals surface area (Å²) >= 11 is 0. The van der Waals surface area contributed by atoms with Crippen molar-refractivity contribution >= 4 is 5.91 Å². The van der Waals surface area contributed by atoms with Crippen LogP contribution in [0.5, 0.6) is 0 Å². The Kier molecular flexibility index (Phi) is 3.30. The first kappa shape index (κ1) is 14.3. The van der Waals surface area contributed by atoms with Crippen LogP contribution < -0.4 is 5.73 Å². The van der Waals surface area contributed by atoms with E-state index in [4.69, 9.17) is 5.73 Å². The molecule has 3 nitrogen and oxygen atoms in total. The van der Waals surface area contributed by atoms with E-state index in [1.807, 2.05) is 0 Å². The molecule has 1 aliphatic heterocycles. The number of hydrogen-bond donors (Lipinski definition) is 1. The molecule has 1 aromatic carbocycles. The molecule has 3 heteroatoms. The van der Waals surface area contributed by atoms with Crippen LogP contribution in [0.2, 0.25) is 0 Å². The molecule has 1 heterocycles. The third-order valence-electron chi connectivity index (χ3n) is 6.30. The minimum Gasteiger partial charge on any atom is -0.338 e. The lowest BCUT2D eigenvalue weighted by molar-refractivity contribution is -0.137. The van der Waals surface area contributed by atoms with Gasteiger partial charge in [-0.3, -0.25) is 4.79 Å². The van der Waals surface area contributed by atoms with E-state index in [-0.39, 0.29) is 17.4 Å². The van der Waals surface area contributed by atoms with Crippen molar-refractivity contribution in [3.8, 4) is 0 Å². The molecule has 4 unspecified atom stereocenters. The van der Waals surface area contributed by atoms with E-state index in [1.54, 1.807) is 0 Å². The van der Waals surface area contributed by atoms with Crippen LogP contribution in [0.3, 0.4) is 0 Å². The number of benzene rings is 1. The third kappa shape index (κ3) is 2.02. The third-order valence-corrected chi connectivity index (χ3v) is 6.30. The zero-order chi connectivity index (χ0) is 15.3. The summed E-state index contributed by atoms with van der Waals surface area (Å²) in [6.07, 6.45) is 5.53. The van der Waals surface area contributed by atoms with Crippen LogP contribution in [0.1, 0.15) is 43.7 Å². The molecular formula is C19H26N2O. The lowest BCUT2D eigenvalue weighted by Crippen LogP contribution is -2.50. The van der Waals surface area contributed by atoms with Crippen LogP contribution in [0.4, 0.5) is 0 Å². The van der Waals surface area contributed by atoms with Crippen LogP contribution in [-0.2, 0) is 16.6 Å². The fourth-order valence-corrected chi connectivity index (χ4v) is 4.88. The number of nitrogens with two attached hydrogens (primary N) is 1. The van der Waals surface area contributed by atoms with Crippen molar-refractivity contribution in [3.05, 3.63) is 35.4 Å². The number of piperidine rings is 1. The summed E-state index contributed by atoms with van der Waals surface area (Å²) in [5.41, 5.74) is 9.01. The first-order valence-corrected chi connectivity index (χ1v) is 8.74. The molecule has 0 radical (unpaired) electrons. The summed E-state index contributed by atoms with van der Waals surface area (Å²) in [6.45, 7) is 3.78. The summed E-state index contributed by atoms with van der Waals surface area (Å²) in [5.74, 6) is 1.27. The predicted octanol–water partition coefficient (Wildman–Crippen LogP) is 2.48. The van der Waals surface area contributed by atoms with E-state index in [2.05, 4.69) is 36.1 Å². The van der Waals surface area contributed by atoms with Crippen molar-refractivity contribution in [2.45, 2.75) is 50.5 Å². The molecular weight excluding hydrogens is 272 g/mol. The fraction of sp³-hybridized carbons (Fsp3) is 0.632. The topological polar surface area (TPSA) is 46.3 Å². The molecule has 2 fully saturated rings. The second-order valence-electron chi connectivity index (χ2n) is 7.62. The number of hydrogen-bond acceptors (Lipinski definition) is 2. The Hall–Kier alpha value is -1.35. The maximum absolute atomic E-state index is 13.1. The summed E-state index contributed by atoms with van der Waals surface area (Å²) in [5, 5.41) is 0. The highest BCUT2D eigenvalue weighted by Gasteiger charge is 2.62. The number of fused-ring (bicyclic) bond motifs is 2. The lowest BCUT2D eigenvalue weighted by atomic mass is 9.90. The van der Waals surface area contributed by atoms with Gasteiger partial charge in [-0.05, 0) is 49.1 Å². The van der Waals surface area contributed by atoms with Crippen molar-refractivity contribution < 1.29 is 4.79 Å². The molecule has 1 saturated heterocycles. The van der Waals surface area contributed by atoms with Crippen molar-refractivity contribution in [2.75, 3.05) is 13.1 Å². The van der Waals surface area contributed by atoms with Crippen molar-refractivity contribution in [3.63, 3.8) is 0 Å². The number of carbonyl (C=O) groups excluding carboxylic acids is 1. The monoisotopic (exact) mass is 298 g/mol. The Morgan fingerprint density at radius 3 is 3.05 bits per heavy atom. The number of likely N-dealkylation sites (tertiary alicyclic amines) is 1. The van der Waals surface area contributed by atoms with Gasteiger partial charge in [0, 0.05) is 30.5 Å². The maximum Gasteiger partial charge on any atom is 0.226 e. The molecule has 0 aromatic heterocycles. The zero-order valence-electron chi connectivity index (χ0n) is 13.4. The van der Waals surface area contributed by atoms with Crippen molar-refractivity contribution in [1.29, 1.82) is 0 Å². The van der Waals surface area contributed by atoms with Gasteiger partial charge in [-0.1, -0.05) is 31.2 Å². The minimum atomic E-state index is 0.163. The Bertz CT molecular complexity index is 599. The Morgan fingerprint density at radius 1 is 1.41 bits per heavy atom. The van der Waals surface area contributed by atoms with E-state index in [0.29, 0.717) is 18.4 Å². The van der Waals surface area contributed by atoms with Crippen LogP contribution in [-0.4, -0.2) is 29.9 Å². The maximum atomic E-state index is 13.1. The van der Waals surface area contributed by atoms with Gasteiger partial charge in [0.15, 0.2) is 0 Å². The molecule has 0 bridgehead atoms. The number of nitrogens with zero attached hydrogens (tertiary/aromatic N) is 1. The van der Waals surface area contributed by atoms with Crippen molar-refractivity contribution in [2.24, 2.45) is 17.6 Å². The summed E-state index contributed by atoms with van der Waals surface area (Å²) < 4.78 is 0. The van der Waals surface area contributed by atoms with Crippen LogP contribution in [0, 0.1) is 11.8 Å². The number of rotatable bonds is 2. The molecule has 4 atom stereocenters. The summed E-state index contributed by atoms with van der Waals surface area (Å²) in [4.78, 5) is 15.2. The molecule has 2 N–H and O–H groups in total. The van der Waals surface area contributed by atoms with E-state index >= 15 is 0 Å². The van der Waals surface area contributed by atoms with Gasteiger partial charge in [0.2, 0.25) is 5.91 Å². The molecule has 4 rings (SSSR count). The number of amides is 1. The van der Waals surface area contributed by atoms with Gasteiger partial charge >= 0.3 is 0 Å². The van der Waals surface area contributed by atoms with E-state index < -0.39 is 0 Å². The van der Waals surface area contributed by atoms with Gasteiger partial charge in [-0.2, -0.15) is 0 Å². The van der Waals surface area contributed by atoms with Gasteiger partial charge in [-0.15, -0.1) is 0 Å². The highest BCUT2D eigenvalue weighted by molar-refractivity contribution is 5.85. The Labute approximate surface area is 132 Å². The lowest BCUT2D eigenvalue weighted by Gasteiger charge is -2.38. The summed E-state index contributed by atoms with van der Waals surface area (Å²) in [7, 11) is 0. The van der Waals surface area contributed by atoms with Crippen LogP contribution >= 0.6 is 0 Å². The van der Waals surface area contributed by atoms with Crippen LogP contribution in [0.15, 0.2) is 24.3 Å². The quantitative estimate of drug-likeness (QED) is 0.912. The molecule has 1 spiro atoms. The second kappa shape index (κ2) is 5.09.